The van der Waals surface area contributed by atoms with Gasteiger partial charge in [-0.15, -0.1) is 24.0 Å². The van der Waals surface area contributed by atoms with Gasteiger partial charge in [0.25, 0.3) is 0 Å². The maximum absolute atomic E-state index is 4.08. The first kappa shape index (κ1) is 16.2. The molecule has 3 nitrogen and oxygen atoms in total. The van der Waals surface area contributed by atoms with Crippen molar-refractivity contribution in [2.24, 2.45) is 4.99 Å². The van der Waals surface area contributed by atoms with E-state index >= 15 is 0 Å². The van der Waals surface area contributed by atoms with E-state index in [0.717, 1.165) is 12.5 Å². The zero-order valence-corrected chi connectivity index (χ0v) is 13.3. The summed E-state index contributed by atoms with van der Waals surface area (Å²) in [5.41, 5.74) is 2.65. The molecule has 1 aromatic rings. The van der Waals surface area contributed by atoms with Gasteiger partial charge in [-0.3, -0.25) is 4.99 Å². The van der Waals surface area contributed by atoms with Crippen LogP contribution in [0.5, 0.6) is 0 Å². The lowest BCUT2D eigenvalue weighted by molar-refractivity contribution is 0.708. The van der Waals surface area contributed by atoms with Gasteiger partial charge >= 0.3 is 0 Å². The third-order valence-electron chi connectivity index (χ3n) is 2.68. The normalized spacial score (nSPS) is 12.6. The van der Waals surface area contributed by atoms with Crippen LogP contribution < -0.4 is 10.6 Å². The van der Waals surface area contributed by atoms with E-state index in [2.05, 4.69) is 53.7 Å². The quantitative estimate of drug-likeness (QED) is 0.501. The Balaban J connectivity index is 0.00000256. The van der Waals surface area contributed by atoms with Crippen LogP contribution in [0, 0.1) is 6.92 Å². The summed E-state index contributed by atoms with van der Waals surface area (Å²) in [6, 6.07) is 8.67. The molecule has 0 aliphatic rings. The molecule has 0 aliphatic carbocycles. The fourth-order valence-corrected chi connectivity index (χ4v) is 1.54. The Hall–Kier alpha value is -0.780. The fraction of sp³-hybridized carbons (Fsp3) is 0.462. The van der Waals surface area contributed by atoms with Crippen molar-refractivity contribution >= 4 is 29.9 Å². The van der Waals surface area contributed by atoms with Crippen LogP contribution in [-0.4, -0.2) is 26.6 Å². The topological polar surface area (TPSA) is 36.4 Å². The van der Waals surface area contributed by atoms with Crippen LogP contribution in [-0.2, 0) is 0 Å². The SMILES string of the molecule is CN=C(NC)NCC(C)c1ccc(C)cc1.I. The Morgan fingerprint density at radius 2 is 1.88 bits per heavy atom. The largest absolute Gasteiger partial charge is 0.359 e. The molecule has 1 unspecified atom stereocenters. The number of guanidine groups is 1. The first-order valence-electron chi connectivity index (χ1n) is 5.62. The Labute approximate surface area is 121 Å². The van der Waals surface area contributed by atoms with Crippen molar-refractivity contribution < 1.29 is 0 Å². The summed E-state index contributed by atoms with van der Waals surface area (Å²) >= 11 is 0. The number of halogens is 1. The molecule has 0 saturated heterocycles. The molecule has 17 heavy (non-hydrogen) atoms. The van der Waals surface area contributed by atoms with Crippen molar-refractivity contribution in [2.45, 2.75) is 19.8 Å². The molecule has 1 atom stereocenters. The standard InChI is InChI=1S/C13H21N3.HI/c1-10-5-7-12(8-6-10)11(2)9-16-13(14-3)15-4;/h5-8,11H,9H2,1-4H3,(H2,14,15,16);1H. The van der Waals surface area contributed by atoms with Gasteiger partial charge in [-0.2, -0.15) is 0 Å². The van der Waals surface area contributed by atoms with Crippen LogP contribution in [0.25, 0.3) is 0 Å². The minimum absolute atomic E-state index is 0. The molecular weight excluding hydrogens is 325 g/mol. The molecule has 4 heteroatoms. The smallest absolute Gasteiger partial charge is 0.190 e. The average Bonchev–Trinajstić information content (AvgIpc) is 2.31. The number of nitrogens with one attached hydrogen (secondary N) is 2. The van der Waals surface area contributed by atoms with Crippen LogP contribution in [0.4, 0.5) is 0 Å². The monoisotopic (exact) mass is 347 g/mol. The summed E-state index contributed by atoms with van der Waals surface area (Å²) in [5, 5.41) is 6.28. The minimum atomic E-state index is 0. The lowest BCUT2D eigenvalue weighted by Crippen LogP contribution is -2.36. The van der Waals surface area contributed by atoms with E-state index in [0.29, 0.717) is 5.92 Å². The molecule has 0 amide bonds. The van der Waals surface area contributed by atoms with Gasteiger partial charge in [0.15, 0.2) is 5.96 Å². The second-order valence-electron chi connectivity index (χ2n) is 4.01. The third kappa shape index (κ3) is 5.39. The number of benzene rings is 1. The summed E-state index contributed by atoms with van der Waals surface area (Å²) in [6.07, 6.45) is 0. The van der Waals surface area contributed by atoms with E-state index in [-0.39, 0.29) is 24.0 Å². The Kier molecular flexibility index (Phi) is 7.95. The second kappa shape index (κ2) is 8.33. The van der Waals surface area contributed by atoms with Gasteiger partial charge in [-0.05, 0) is 18.4 Å². The number of rotatable bonds is 3. The molecule has 1 aromatic carbocycles. The molecule has 2 N–H and O–H groups in total. The molecular formula is C13H22IN3. The fourth-order valence-electron chi connectivity index (χ4n) is 1.54. The Morgan fingerprint density at radius 3 is 2.35 bits per heavy atom. The lowest BCUT2D eigenvalue weighted by Gasteiger charge is -2.15. The van der Waals surface area contributed by atoms with Crippen LogP contribution >= 0.6 is 24.0 Å². The number of nitrogens with zero attached hydrogens (tertiary/aromatic N) is 1. The van der Waals surface area contributed by atoms with E-state index in [4.69, 9.17) is 0 Å². The molecule has 0 radical (unpaired) electrons. The molecule has 0 spiro atoms. The summed E-state index contributed by atoms with van der Waals surface area (Å²) in [7, 11) is 3.64. The Bertz CT molecular complexity index is 346. The highest BCUT2D eigenvalue weighted by molar-refractivity contribution is 14.0. The molecule has 0 aliphatic heterocycles. The number of hydrogen-bond acceptors (Lipinski definition) is 1. The number of hydrogen-bond donors (Lipinski definition) is 2. The van der Waals surface area contributed by atoms with Crippen LogP contribution in [0.15, 0.2) is 29.3 Å². The van der Waals surface area contributed by atoms with Gasteiger partial charge in [-0.25, -0.2) is 0 Å². The molecule has 96 valence electrons. The molecule has 0 saturated carbocycles. The molecule has 0 aromatic heterocycles. The molecule has 0 bridgehead atoms. The van der Waals surface area contributed by atoms with Gasteiger partial charge in [-0.1, -0.05) is 36.8 Å². The number of aliphatic imine (C=N–C) groups is 1. The highest BCUT2D eigenvalue weighted by Crippen LogP contribution is 2.14. The lowest BCUT2D eigenvalue weighted by atomic mass is 10.0. The third-order valence-corrected chi connectivity index (χ3v) is 2.68. The molecule has 0 fully saturated rings. The maximum Gasteiger partial charge on any atom is 0.190 e. The van der Waals surface area contributed by atoms with E-state index in [1.165, 1.54) is 11.1 Å². The van der Waals surface area contributed by atoms with Crippen molar-refractivity contribution in [2.75, 3.05) is 20.6 Å². The van der Waals surface area contributed by atoms with Crippen LogP contribution in [0.1, 0.15) is 24.0 Å². The second-order valence-corrected chi connectivity index (χ2v) is 4.01. The van der Waals surface area contributed by atoms with Crippen molar-refractivity contribution in [1.82, 2.24) is 10.6 Å². The zero-order chi connectivity index (χ0) is 12.0. The number of aryl methyl sites for hydroxylation is 1. The van der Waals surface area contributed by atoms with Crippen molar-refractivity contribution in [3.05, 3.63) is 35.4 Å². The average molecular weight is 347 g/mol. The first-order chi connectivity index (χ1) is 7.67. The summed E-state index contributed by atoms with van der Waals surface area (Å²) in [6.45, 7) is 5.20. The van der Waals surface area contributed by atoms with E-state index in [9.17, 15) is 0 Å². The minimum Gasteiger partial charge on any atom is -0.359 e. The zero-order valence-electron chi connectivity index (χ0n) is 10.9. The van der Waals surface area contributed by atoms with Gasteiger partial charge in [0, 0.05) is 20.6 Å². The first-order valence-corrected chi connectivity index (χ1v) is 5.62. The van der Waals surface area contributed by atoms with Crippen LogP contribution in [0.2, 0.25) is 0 Å². The van der Waals surface area contributed by atoms with E-state index in [1.807, 2.05) is 7.05 Å². The van der Waals surface area contributed by atoms with Gasteiger partial charge < -0.3 is 10.6 Å². The van der Waals surface area contributed by atoms with Crippen molar-refractivity contribution in [3.8, 4) is 0 Å². The summed E-state index contributed by atoms with van der Waals surface area (Å²) in [4.78, 5) is 4.08. The summed E-state index contributed by atoms with van der Waals surface area (Å²) < 4.78 is 0. The van der Waals surface area contributed by atoms with Gasteiger partial charge in [0.05, 0.1) is 0 Å². The summed E-state index contributed by atoms with van der Waals surface area (Å²) in [5.74, 6) is 1.31. The molecule has 1 rings (SSSR count). The van der Waals surface area contributed by atoms with E-state index in [1.54, 1.807) is 7.05 Å². The molecule has 0 heterocycles. The van der Waals surface area contributed by atoms with Crippen molar-refractivity contribution in [1.29, 1.82) is 0 Å². The van der Waals surface area contributed by atoms with Crippen LogP contribution in [0.3, 0.4) is 0 Å². The highest BCUT2D eigenvalue weighted by Gasteiger charge is 2.05. The van der Waals surface area contributed by atoms with E-state index < -0.39 is 0 Å². The maximum atomic E-state index is 4.08. The predicted molar refractivity (Wildman–Crippen MR) is 85.4 cm³/mol. The van der Waals surface area contributed by atoms with Crippen molar-refractivity contribution in [3.63, 3.8) is 0 Å². The highest BCUT2D eigenvalue weighted by atomic mass is 127. The predicted octanol–water partition coefficient (Wildman–Crippen LogP) is 2.51. The Morgan fingerprint density at radius 1 is 1.29 bits per heavy atom. The van der Waals surface area contributed by atoms with Gasteiger partial charge in [0.2, 0.25) is 0 Å². The van der Waals surface area contributed by atoms with Gasteiger partial charge in [0.1, 0.15) is 0 Å².